The molecule has 3 aromatic rings. The molecule has 1 N–H and O–H groups in total. The fourth-order valence-electron chi connectivity index (χ4n) is 3.39. The van der Waals surface area contributed by atoms with E-state index in [9.17, 15) is 35.9 Å². The zero-order valence-electron chi connectivity index (χ0n) is 18.5. The Kier molecular flexibility index (Phi) is 7.22. The minimum Gasteiger partial charge on any atom is -0.329 e. The van der Waals surface area contributed by atoms with Crippen LogP contribution >= 0.6 is 0 Å². The van der Waals surface area contributed by atoms with Gasteiger partial charge in [-0.15, -0.1) is 0 Å². The molecule has 12 heteroatoms. The number of para-hydroxylation sites is 1. The van der Waals surface area contributed by atoms with Crippen molar-refractivity contribution in [2.75, 3.05) is 18.4 Å². The van der Waals surface area contributed by atoms with Crippen LogP contribution in [0, 0.1) is 6.92 Å². The van der Waals surface area contributed by atoms with Gasteiger partial charge in [-0.1, -0.05) is 18.2 Å². The largest absolute Gasteiger partial charge is 0.418 e. The highest BCUT2D eigenvalue weighted by Crippen LogP contribution is 2.34. The maximum Gasteiger partial charge on any atom is 0.418 e. The minimum atomic E-state index is -4.68. The number of benzene rings is 2. The molecule has 0 bridgehead atoms. The van der Waals surface area contributed by atoms with E-state index in [1.165, 1.54) is 31.2 Å². The average molecular weight is 498 g/mol. The van der Waals surface area contributed by atoms with Gasteiger partial charge in [-0.25, -0.2) is 4.68 Å². The van der Waals surface area contributed by atoms with Crippen molar-refractivity contribution in [3.63, 3.8) is 0 Å². The number of rotatable bonds is 6. The third kappa shape index (κ3) is 5.81. The maximum atomic E-state index is 13.2. The first-order valence-electron chi connectivity index (χ1n) is 10.3. The first kappa shape index (κ1) is 25.8. The van der Waals surface area contributed by atoms with Crippen molar-refractivity contribution < 1.29 is 35.9 Å². The van der Waals surface area contributed by atoms with E-state index < -0.39 is 47.5 Å². The third-order valence-electron chi connectivity index (χ3n) is 5.17. The summed E-state index contributed by atoms with van der Waals surface area (Å²) in [7, 11) is 0. The van der Waals surface area contributed by atoms with Gasteiger partial charge >= 0.3 is 12.4 Å². The molecule has 35 heavy (non-hydrogen) atoms. The lowest BCUT2D eigenvalue weighted by Crippen LogP contribution is -2.38. The summed E-state index contributed by atoms with van der Waals surface area (Å²) in [6.07, 6.45) is -8.08. The number of carbonyl (C=O) groups is 2. The average Bonchev–Trinajstić information content (AvgIpc) is 3.17. The second kappa shape index (κ2) is 9.80. The van der Waals surface area contributed by atoms with Gasteiger partial charge in [-0.2, -0.15) is 31.4 Å². The SMILES string of the molecule is CCN(CC(=O)Nc1ccccc1C(F)(F)F)C(=O)c1cnn(-c2cccc(C(F)(F)F)c2)c1C. The van der Waals surface area contributed by atoms with Gasteiger partial charge in [0, 0.05) is 6.54 Å². The van der Waals surface area contributed by atoms with Gasteiger partial charge in [-0.3, -0.25) is 9.59 Å². The predicted molar refractivity (Wildman–Crippen MR) is 115 cm³/mol. The van der Waals surface area contributed by atoms with Crippen molar-refractivity contribution >= 4 is 17.5 Å². The highest BCUT2D eigenvalue weighted by molar-refractivity contribution is 6.00. The summed E-state index contributed by atoms with van der Waals surface area (Å²) in [5.41, 5.74) is -2.00. The molecule has 186 valence electrons. The van der Waals surface area contributed by atoms with Crippen molar-refractivity contribution in [1.29, 1.82) is 0 Å². The molecular weight excluding hydrogens is 478 g/mol. The number of halogens is 6. The minimum absolute atomic E-state index is 0.0350. The van der Waals surface area contributed by atoms with E-state index in [1.807, 2.05) is 0 Å². The van der Waals surface area contributed by atoms with Crippen LogP contribution in [0.15, 0.2) is 54.7 Å². The highest BCUT2D eigenvalue weighted by atomic mass is 19.4. The number of likely N-dealkylation sites (N-methyl/N-ethyl adjacent to an activating group) is 1. The topological polar surface area (TPSA) is 67.2 Å². The maximum absolute atomic E-state index is 13.2. The molecule has 0 radical (unpaired) electrons. The Labute approximate surface area is 196 Å². The molecule has 0 atom stereocenters. The molecular formula is C23H20F6N4O2. The van der Waals surface area contributed by atoms with Gasteiger partial charge in [0.2, 0.25) is 5.91 Å². The van der Waals surface area contributed by atoms with E-state index in [1.54, 1.807) is 6.92 Å². The van der Waals surface area contributed by atoms with Crippen molar-refractivity contribution in [2.24, 2.45) is 0 Å². The van der Waals surface area contributed by atoms with E-state index in [2.05, 4.69) is 10.4 Å². The zero-order chi connectivity index (χ0) is 26.0. The summed E-state index contributed by atoms with van der Waals surface area (Å²) in [6.45, 7) is 2.55. The quantitative estimate of drug-likeness (QED) is 0.468. The first-order chi connectivity index (χ1) is 16.3. The van der Waals surface area contributed by atoms with Gasteiger partial charge in [-0.05, 0) is 44.2 Å². The summed E-state index contributed by atoms with van der Waals surface area (Å²) < 4.78 is 79.8. The summed E-state index contributed by atoms with van der Waals surface area (Å²) in [4.78, 5) is 26.5. The fourth-order valence-corrected chi connectivity index (χ4v) is 3.39. The normalized spacial score (nSPS) is 11.9. The second-order valence-corrected chi connectivity index (χ2v) is 7.51. The molecule has 0 saturated carbocycles. The number of nitrogens with one attached hydrogen (secondary N) is 1. The molecule has 0 fully saturated rings. The summed E-state index contributed by atoms with van der Waals surface area (Å²) in [6, 6.07) is 8.84. The number of hydrogen-bond acceptors (Lipinski definition) is 3. The Morgan fingerprint density at radius 1 is 1.00 bits per heavy atom. The monoisotopic (exact) mass is 498 g/mol. The van der Waals surface area contributed by atoms with E-state index >= 15 is 0 Å². The molecule has 2 amide bonds. The van der Waals surface area contributed by atoms with Gasteiger partial charge in [0.15, 0.2) is 0 Å². The van der Waals surface area contributed by atoms with Gasteiger partial charge in [0.05, 0.1) is 40.0 Å². The lowest BCUT2D eigenvalue weighted by molar-refractivity contribution is -0.138. The van der Waals surface area contributed by atoms with Crippen molar-refractivity contribution in [3.05, 3.63) is 77.1 Å². The third-order valence-corrected chi connectivity index (χ3v) is 5.17. The molecule has 0 spiro atoms. The summed E-state index contributed by atoms with van der Waals surface area (Å²) in [5, 5.41) is 6.18. The van der Waals surface area contributed by atoms with Crippen LogP contribution in [0.3, 0.4) is 0 Å². The number of amides is 2. The van der Waals surface area contributed by atoms with Crippen molar-refractivity contribution in [3.8, 4) is 5.69 Å². The van der Waals surface area contributed by atoms with E-state index in [0.29, 0.717) is 0 Å². The lowest BCUT2D eigenvalue weighted by Gasteiger charge is -2.21. The second-order valence-electron chi connectivity index (χ2n) is 7.51. The molecule has 0 aliphatic rings. The number of hydrogen-bond donors (Lipinski definition) is 1. The van der Waals surface area contributed by atoms with Crippen molar-refractivity contribution in [1.82, 2.24) is 14.7 Å². The smallest absolute Gasteiger partial charge is 0.329 e. The van der Waals surface area contributed by atoms with Crippen LogP contribution in [0.1, 0.15) is 34.1 Å². The molecule has 1 aromatic heterocycles. The Balaban J connectivity index is 1.80. The van der Waals surface area contributed by atoms with Gasteiger partial charge < -0.3 is 10.2 Å². The lowest BCUT2D eigenvalue weighted by atomic mass is 10.1. The number of alkyl halides is 6. The standard InChI is InChI=1S/C23H20F6N4O2/c1-3-32(13-20(34)31-19-10-5-4-9-18(19)23(27,28)29)21(35)17-12-30-33(14(17)2)16-8-6-7-15(11-16)22(24,25)26/h4-12H,3,13H2,1-2H3,(H,31,34). The number of anilines is 1. The van der Waals surface area contributed by atoms with E-state index in [0.717, 1.165) is 40.0 Å². The Morgan fingerprint density at radius 3 is 2.31 bits per heavy atom. The predicted octanol–water partition coefficient (Wildman–Crippen LogP) is 5.32. The number of aromatic nitrogens is 2. The molecule has 3 rings (SSSR count). The van der Waals surface area contributed by atoms with Crippen LogP contribution in [0.2, 0.25) is 0 Å². The Morgan fingerprint density at radius 2 is 1.69 bits per heavy atom. The molecule has 6 nitrogen and oxygen atoms in total. The molecule has 1 heterocycles. The molecule has 0 saturated heterocycles. The fraction of sp³-hybridized carbons (Fsp3) is 0.261. The van der Waals surface area contributed by atoms with Gasteiger partial charge in [0.25, 0.3) is 5.91 Å². The first-order valence-corrected chi connectivity index (χ1v) is 10.3. The van der Waals surface area contributed by atoms with Crippen LogP contribution in [0.5, 0.6) is 0 Å². The molecule has 2 aromatic carbocycles. The van der Waals surface area contributed by atoms with Crippen LogP contribution in [-0.4, -0.2) is 39.6 Å². The zero-order valence-corrected chi connectivity index (χ0v) is 18.5. The number of nitrogens with zero attached hydrogens (tertiary/aromatic N) is 3. The van der Waals surface area contributed by atoms with E-state index in [-0.39, 0.29) is 23.5 Å². The number of carbonyl (C=O) groups excluding carboxylic acids is 2. The molecule has 0 aliphatic carbocycles. The van der Waals surface area contributed by atoms with Crippen LogP contribution in [-0.2, 0) is 17.1 Å². The highest BCUT2D eigenvalue weighted by Gasteiger charge is 2.34. The van der Waals surface area contributed by atoms with Crippen molar-refractivity contribution in [2.45, 2.75) is 26.2 Å². The van der Waals surface area contributed by atoms with Crippen LogP contribution in [0.4, 0.5) is 32.0 Å². The Bertz CT molecular complexity index is 1230. The summed E-state index contributed by atoms with van der Waals surface area (Å²) in [5.74, 6) is -1.50. The summed E-state index contributed by atoms with van der Waals surface area (Å²) >= 11 is 0. The molecule has 0 unspecified atom stereocenters. The Hall–Kier alpha value is -3.83. The molecule has 0 aliphatic heterocycles. The van der Waals surface area contributed by atoms with E-state index in [4.69, 9.17) is 0 Å². The van der Waals surface area contributed by atoms with Crippen LogP contribution in [0.25, 0.3) is 5.69 Å². The van der Waals surface area contributed by atoms with Gasteiger partial charge in [0.1, 0.15) is 6.54 Å². The van der Waals surface area contributed by atoms with Crippen LogP contribution < -0.4 is 5.32 Å².